The second kappa shape index (κ2) is 8.18. The topological polar surface area (TPSA) is 70.2 Å². The molecular weight excluding hydrogens is 402 g/mol. The lowest BCUT2D eigenvalue weighted by Crippen LogP contribution is -2.59. The number of sulfonamides is 1. The molecule has 7 nitrogen and oxygen atoms in total. The molecule has 2 aliphatic heterocycles. The van der Waals surface area contributed by atoms with E-state index in [4.69, 9.17) is 16.3 Å². The molecule has 3 rings (SSSR count). The minimum atomic E-state index is -3.18. The molecule has 1 aromatic rings. The Morgan fingerprint density at radius 1 is 1.21 bits per heavy atom. The monoisotopic (exact) mass is 429 g/mol. The summed E-state index contributed by atoms with van der Waals surface area (Å²) in [4.78, 5) is 17.1. The Balaban J connectivity index is 1.69. The zero-order valence-electron chi connectivity index (χ0n) is 16.6. The lowest BCUT2D eigenvalue weighted by Gasteiger charge is -2.45. The minimum absolute atomic E-state index is 0.0891. The largest absolute Gasteiger partial charge is 0.496 e. The van der Waals surface area contributed by atoms with Gasteiger partial charge in [0.25, 0.3) is 5.91 Å². The molecule has 9 heteroatoms. The molecule has 0 N–H and O–H groups in total. The van der Waals surface area contributed by atoms with Gasteiger partial charge in [0.2, 0.25) is 10.0 Å². The summed E-state index contributed by atoms with van der Waals surface area (Å²) in [5, 5.41) is 0.500. The van der Waals surface area contributed by atoms with E-state index in [1.165, 1.54) is 13.4 Å². The molecule has 2 heterocycles. The molecule has 1 aromatic carbocycles. The van der Waals surface area contributed by atoms with Crippen molar-refractivity contribution in [3.05, 3.63) is 28.8 Å². The molecule has 1 atom stereocenters. The Morgan fingerprint density at radius 2 is 1.89 bits per heavy atom. The third-order valence-corrected chi connectivity index (χ3v) is 7.54. The zero-order chi connectivity index (χ0) is 20.5. The molecule has 0 aromatic heterocycles. The predicted octanol–water partition coefficient (Wildman–Crippen LogP) is 1.92. The van der Waals surface area contributed by atoms with Crippen LogP contribution in [0.5, 0.6) is 5.75 Å². The number of ether oxygens (including phenoxy) is 1. The quantitative estimate of drug-likeness (QED) is 0.715. The van der Waals surface area contributed by atoms with Gasteiger partial charge >= 0.3 is 0 Å². The average Bonchev–Trinajstić information content (AvgIpc) is 3.14. The zero-order valence-corrected chi connectivity index (χ0v) is 18.2. The molecule has 156 valence electrons. The standard InChI is InChI=1S/C19H28ClN3O4S/c1-4-19(7-8-23(14-19)28(3,25)26)22-11-9-21(10-12-22)18(24)16-13-15(20)5-6-17(16)27-2/h5-6,13H,4,7-12,14H2,1-3H3. The number of benzene rings is 1. The van der Waals surface area contributed by atoms with E-state index < -0.39 is 10.0 Å². The van der Waals surface area contributed by atoms with E-state index in [1.54, 1.807) is 22.5 Å². The Hall–Kier alpha value is -1.35. The highest BCUT2D eigenvalue weighted by atomic mass is 35.5. The van der Waals surface area contributed by atoms with Crippen LogP contribution in [0, 0.1) is 0 Å². The maximum absolute atomic E-state index is 13.0. The van der Waals surface area contributed by atoms with Crippen molar-refractivity contribution in [3.63, 3.8) is 0 Å². The summed E-state index contributed by atoms with van der Waals surface area (Å²) >= 11 is 6.07. The molecule has 0 spiro atoms. The molecule has 0 bridgehead atoms. The van der Waals surface area contributed by atoms with Crippen molar-refractivity contribution >= 4 is 27.5 Å². The second-order valence-electron chi connectivity index (χ2n) is 7.55. The fraction of sp³-hybridized carbons (Fsp3) is 0.632. The van der Waals surface area contributed by atoms with Crippen LogP contribution in [-0.2, 0) is 10.0 Å². The van der Waals surface area contributed by atoms with Crippen LogP contribution in [0.3, 0.4) is 0 Å². The van der Waals surface area contributed by atoms with Crippen LogP contribution in [0.15, 0.2) is 18.2 Å². The summed E-state index contributed by atoms with van der Waals surface area (Å²) < 4.78 is 30.8. The molecule has 2 fully saturated rings. The van der Waals surface area contributed by atoms with Gasteiger partial charge in [0.1, 0.15) is 5.75 Å². The van der Waals surface area contributed by atoms with Crippen molar-refractivity contribution in [2.75, 3.05) is 52.6 Å². The van der Waals surface area contributed by atoms with Gasteiger partial charge in [-0.05, 0) is 31.0 Å². The number of methoxy groups -OCH3 is 1. The number of carbonyl (C=O) groups excluding carboxylic acids is 1. The van der Waals surface area contributed by atoms with Crippen molar-refractivity contribution in [3.8, 4) is 5.75 Å². The maximum atomic E-state index is 13.0. The summed E-state index contributed by atoms with van der Waals surface area (Å²) in [6, 6.07) is 5.05. The summed E-state index contributed by atoms with van der Waals surface area (Å²) in [6.07, 6.45) is 2.98. The van der Waals surface area contributed by atoms with Gasteiger partial charge in [-0.1, -0.05) is 18.5 Å². The van der Waals surface area contributed by atoms with Gasteiger partial charge in [-0.25, -0.2) is 12.7 Å². The number of rotatable bonds is 5. The second-order valence-corrected chi connectivity index (χ2v) is 9.97. The normalized spacial score (nSPS) is 24.5. The van der Waals surface area contributed by atoms with E-state index in [2.05, 4.69) is 11.8 Å². The molecule has 2 saturated heterocycles. The molecule has 1 amide bonds. The van der Waals surface area contributed by atoms with Gasteiger partial charge in [0.15, 0.2) is 0 Å². The molecule has 0 radical (unpaired) electrons. The number of hydrogen-bond donors (Lipinski definition) is 0. The van der Waals surface area contributed by atoms with Gasteiger partial charge in [-0.15, -0.1) is 0 Å². The lowest BCUT2D eigenvalue weighted by molar-refractivity contribution is 0.0311. The highest BCUT2D eigenvalue weighted by Gasteiger charge is 2.45. The first-order valence-corrected chi connectivity index (χ1v) is 11.8. The average molecular weight is 430 g/mol. The van der Waals surface area contributed by atoms with E-state index in [0.717, 1.165) is 25.9 Å². The summed E-state index contributed by atoms with van der Waals surface area (Å²) in [7, 11) is -1.64. The van der Waals surface area contributed by atoms with Crippen molar-refractivity contribution in [1.82, 2.24) is 14.1 Å². The Kier molecular flexibility index (Phi) is 6.24. The predicted molar refractivity (Wildman–Crippen MR) is 110 cm³/mol. The SMILES string of the molecule is CCC1(N2CCN(C(=O)c3cc(Cl)ccc3OC)CC2)CCN(S(C)(=O)=O)C1. The van der Waals surface area contributed by atoms with Crippen molar-refractivity contribution in [2.24, 2.45) is 0 Å². The van der Waals surface area contributed by atoms with Gasteiger partial charge in [-0.2, -0.15) is 0 Å². The highest BCUT2D eigenvalue weighted by Crippen LogP contribution is 2.34. The molecule has 2 aliphatic rings. The summed E-state index contributed by atoms with van der Waals surface area (Å²) in [5.74, 6) is 0.426. The Morgan fingerprint density at radius 3 is 2.43 bits per heavy atom. The summed E-state index contributed by atoms with van der Waals surface area (Å²) in [5.41, 5.74) is 0.323. The van der Waals surface area contributed by atoms with E-state index in [9.17, 15) is 13.2 Å². The number of hydrogen-bond acceptors (Lipinski definition) is 5. The molecule has 0 saturated carbocycles. The van der Waals surface area contributed by atoms with Crippen molar-refractivity contribution < 1.29 is 17.9 Å². The van der Waals surface area contributed by atoms with Crippen LogP contribution in [0.2, 0.25) is 5.02 Å². The van der Waals surface area contributed by atoms with Crippen LogP contribution in [0.1, 0.15) is 30.1 Å². The van der Waals surface area contributed by atoms with Crippen LogP contribution >= 0.6 is 11.6 Å². The molecule has 0 aliphatic carbocycles. The van der Waals surface area contributed by atoms with E-state index in [-0.39, 0.29) is 11.4 Å². The fourth-order valence-electron chi connectivity index (χ4n) is 4.27. The molecular formula is C19H28ClN3O4S. The van der Waals surface area contributed by atoms with E-state index in [1.807, 2.05) is 4.90 Å². The molecule has 28 heavy (non-hydrogen) atoms. The highest BCUT2D eigenvalue weighted by molar-refractivity contribution is 7.88. The number of piperazine rings is 1. The number of carbonyl (C=O) groups is 1. The maximum Gasteiger partial charge on any atom is 0.257 e. The van der Waals surface area contributed by atoms with E-state index >= 15 is 0 Å². The summed E-state index contributed by atoms with van der Waals surface area (Å²) in [6.45, 7) is 5.83. The fourth-order valence-corrected chi connectivity index (χ4v) is 5.34. The first kappa shape index (κ1) is 21.4. The van der Waals surface area contributed by atoms with Crippen LogP contribution in [0.4, 0.5) is 0 Å². The third-order valence-electron chi connectivity index (χ3n) is 6.05. The number of amides is 1. The van der Waals surface area contributed by atoms with Crippen molar-refractivity contribution in [2.45, 2.75) is 25.3 Å². The van der Waals surface area contributed by atoms with Gasteiger partial charge < -0.3 is 9.64 Å². The minimum Gasteiger partial charge on any atom is -0.496 e. The van der Waals surface area contributed by atoms with Gasteiger partial charge in [0, 0.05) is 49.8 Å². The molecule has 1 unspecified atom stereocenters. The first-order valence-electron chi connectivity index (χ1n) is 9.53. The number of halogens is 1. The van der Waals surface area contributed by atoms with Crippen LogP contribution in [-0.4, -0.2) is 86.6 Å². The van der Waals surface area contributed by atoms with Gasteiger partial charge in [0.05, 0.1) is 18.9 Å². The first-order chi connectivity index (χ1) is 13.2. The van der Waals surface area contributed by atoms with Gasteiger partial charge in [-0.3, -0.25) is 9.69 Å². The smallest absolute Gasteiger partial charge is 0.257 e. The third kappa shape index (κ3) is 4.15. The van der Waals surface area contributed by atoms with Crippen LogP contribution < -0.4 is 4.74 Å². The lowest BCUT2D eigenvalue weighted by atomic mass is 9.92. The van der Waals surface area contributed by atoms with Crippen LogP contribution in [0.25, 0.3) is 0 Å². The van der Waals surface area contributed by atoms with E-state index in [0.29, 0.717) is 42.5 Å². The Labute approximate surface area is 172 Å². The Bertz CT molecular complexity index is 840. The number of nitrogens with zero attached hydrogens (tertiary/aromatic N) is 3. The van der Waals surface area contributed by atoms with Crippen molar-refractivity contribution in [1.29, 1.82) is 0 Å².